The van der Waals surface area contributed by atoms with Crippen molar-refractivity contribution in [3.63, 3.8) is 0 Å². The number of carbonyl (C=O) groups is 1. The number of rotatable bonds is 4. The highest BCUT2D eigenvalue weighted by molar-refractivity contribution is 5.94. The quantitative estimate of drug-likeness (QED) is 0.941. The Bertz CT molecular complexity index is 718. The summed E-state index contributed by atoms with van der Waals surface area (Å²) in [4.78, 5) is 14.2. The highest BCUT2D eigenvalue weighted by atomic mass is 19.1. The van der Waals surface area contributed by atoms with Crippen LogP contribution in [0.1, 0.15) is 21.5 Å². The molecule has 1 amide bonds. The van der Waals surface area contributed by atoms with Crippen LogP contribution in [-0.2, 0) is 13.0 Å². The van der Waals surface area contributed by atoms with Gasteiger partial charge in [0.05, 0.1) is 5.56 Å². The molecule has 0 saturated carbocycles. The van der Waals surface area contributed by atoms with E-state index in [0.717, 1.165) is 37.7 Å². The highest BCUT2D eigenvalue weighted by Gasteiger charge is 2.16. The zero-order valence-electron chi connectivity index (χ0n) is 12.7. The zero-order chi connectivity index (χ0) is 16.2. The maximum absolute atomic E-state index is 13.5. The van der Waals surface area contributed by atoms with Crippen molar-refractivity contribution in [2.45, 2.75) is 13.0 Å². The minimum absolute atomic E-state index is 0.129. The molecule has 2 aromatic rings. The topological polar surface area (TPSA) is 32.3 Å². The number of carbonyl (C=O) groups excluding carboxylic acids is 1. The Labute approximate surface area is 133 Å². The van der Waals surface area contributed by atoms with Gasteiger partial charge in [0.15, 0.2) is 0 Å². The molecule has 0 radical (unpaired) electrons. The Hall–Kier alpha value is -2.27. The van der Waals surface area contributed by atoms with Crippen LogP contribution in [-0.4, -0.2) is 30.4 Å². The SMILES string of the molecule is O=C(NCCN1CCc2ccccc2C1)c1ccc(F)cc1F. The van der Waals surface area contributed by atoms with Crippen molar-refractivity contribution in [2.24, 2.45) is 0 Å². The van der Waals surface area contributed by atoms with Crippen LogP contribution in [0.15, 0.2) is 42.5 Å². The zero-order valence-corrected chi connectivity index (χ0v) is 12.7. The second-order valence-corrected chi connectivity index (χ2v) is 5.67. The van der Waals surface area contributed by atoms with E-state index >= 15 is 0 Å². The first-order valence-corrected chi connectivity index (χ1v) is 7.66. The molecule has 0 aromatic heterocycles. The average molecular weight is 316 g/mol. The molecule has 0 atom stereocenters. The fourth-order valence-corrected chi connectivity index (χ4v) is 2.84. The Balaban J connectivity index is 1.51. The molecule has 2 aromatic carbocycles. The Morgan fingerprint density at radius 1 is 1.13 bits per heavy atom. The number of hydrogen-bond acceptors (Lipinski definition) is 2. The largest absolute Gasteiger partial charge is 0.351 e. The van der Waals surface area contributed by atoms with Gasteiger partial charge in [0.25, 0.3) is 5.91 Å². The van der Waals surface area contributed by atoms with Crippen molar-refractivity contribution >= 4 is 5.91 Å². The minimum atomic E-state index is -0.839. The van der Waals surface area contributed by atoms with Gasteiger partial charge >= 0.3 is 0 Å². The van der Waals surface area contributed by atoms with Gasteiger partial charge in [-0.15, -0.1) is 0 Å². The third-order valence-corrected chi connectivity index (χ3v) is 4.10. The number of benzene rings is 2. The summed E-state index contributed by atoms with van der Waals surface area (Å²) in [5.41, 5.74) is 2.56. The molecule has 0 spiro atoms. The second kappa shape index (κ2) is 6.87. The summed E-state index contributed by atoms with van der Waals surface area (Å²) in [5.74, 6) is -2.04. The Morgan fingerprint density at radius 3 is 2.70 bits per heavy atom. The van der Waals surface area contributed by atoms with Crippen molar-refractivity contribution < 1.29 is 13.6 Å². The third kappa shape index (κ3) is 3.74. The van der Waals surface area contributed by atoms with Crippen LogP contribution in [0.5, 0.6) is 0 Å². The fraction of sp³-hybridized carbons (Fsp3) is 0.278. The van der Waals surface area contributed by atoms with E-state index in [0.29, 0.717) is 13.1 Å². The maximum atomic E-state index is 13.5. The third-order valence-electron chi connectivity index (χ3n) is 4.10. The van der Waals surface area contributed by atoms with Crippen LogP contribution in [0.3, 0.4) is 0 Å². The maximum Gasteiger partial charge on any atom is 0.254 e. The fourth-order valence-electron chi connectivity index (χ4n) is 2.84. The molecule has 3 rings (SSSR count). The van der Waals surface area contributed by atoms with Crippen molar-refractivity contribution in [1.82, 2.24) is 10.2 Å². The van der Waals surface area contributed by atoms with Gasteiger partial charge in [0.1, 0.15) is 11.6 Å². The number of halogens is 2. The normalized spacial score (nSPS) is 14.3. The molecular weight excluding hydrogens is 298 g/mol. The average Bonchev–Trinajstić information content (AvgIpc) is 2.54. The lowest BCUT2D eigenvalue weighted by atomic mass is 10.00. The van der Waals surface area contributed by atoms with E-state index in [1.165, 1.54) is 11.1 Å². The van der Waals surface area contributed by atoms with Gasteiger partial charge in [-0.2, -0.15) is 0 Å². The van der Waals surface area contributed by atoms with Gasteiger partial charge in [0.2, 0.25) is 0 Å². The lowest BCUT2D eigenvalue weighted by Crippen LogP contribution is -2.38. The van der Waals surface area contributed by atoms with Gasteiger partial charge in [-0.1, -0.05) is 24.3 Å². The number of amides is 1. The first kappa shape index (κ1) is 15.6. The van der Waals surface area contributed by atoms with Crippen molar-refractivity contribution in [3.05, 3.63) is 70.8 Å². The molecule has 0 fully saturated rings. The highest BCUT2D eigenvalue weighted by Crippen LogP contribution is 2.17. The van der Waals surface area contributed by atoms with Crippen LogP contribution in [0.25, 0.3) is 0 Å². The van der Waals surface area contributed by atoms with E-state index in [4.69, 9.17) is 0 Å². The molecule has 0 aliphatic carbocycles. The molecule has 0 unspecified atom stereocenters. The van der Waals surface area contributed by atoms with Crippen molar-refractivity contribution in [3.8, 4) is 0 Å². The predicted octanol–water partition coefficient (Wildman–Crippen LogP) is 2.75. The molecule has 1 aliphatic heterocycles. The number of nitrogens with one attached hydrogen (secondary N) is 1. The number of nitrogens with zero attached hydrogens (tertiary/aromatic N) is 1. The summed E-state index contributed by atoms with van der Waals surface area (Å²) in [6, 6.07) is 11.3. The van der Waals surface area contributed by atoms with E-state index in [1.54, 1.807) is 0 Å². The summed E-state index contributed by atoms with van der Waals surface area (Å²) in [6.45, 7) is 2.93. The molecule has 1 aliphatic rings. The molecule has 120 valence electrons. The first-order chi connectivity index (χ1) is 11.1. The summed E-state index contributed by atoms with van der Waals surface area (Å²) >= 11 is 0. The van der Waals surface area contributed by atoms with Gasteiger partial charge in [-0.3, -0.25) is 9.69 Å². The Morgan fingerprint density at radius 2 is 1.91 bits per heavy atom. The monoisotopic (exact) mass is 316 g/mol. The van der Waals surface area contributed by atoms with Gasteiger partial charge in [0, 0.05) is 32.2 Å². The molecule has 1 heterocycles. The smallest absolute Gasteiger partial charge is 0.254 e. The molecular formula is C18H18F2N2O. The summed E-state index contributed by atoms with van der Waals surface area (Å²) in [5, 5.41) is 2.69. The lowest BCUT2D eigenvalue weighted by Gasteiger charge is -2.28. The van der Waals surface area contributed by atoms with E-state index < -0.39 is 17.5 Å². The van der Waals surface area contributed by atoms with Crippen LogP contribution >= 0.6 is 0 Å². The standard InChI is InChI=1S/C18H18F2N2O/c19-15-5-6-16(17(20)11-15)18(23)21-8-10-22-9-7-13-3-1-2-4-14(13)12-22/h1-6,11H,7-10,12H2,(H,21,23). The van der Waals surface area contributed by atoms with Crippen LogP contribution in [0.2, 0.25) is 0 Å². The lowest BCUT2D eigenvalue weighted by molar-refractivity contribution is 0.0943. The number of hydrogen-bond donors (Lipinski definition) is 1. The van der Waals surface area contributed by atoms with Crippen LogP contribution < -0.4 is 5.32 Å². The summed E-state index contributed by atoms with van der Waals surface area (Å²) in [7, 11) is 0. The minimum Gasteiger partial charge on any atom is -0.351 e. The predicted molar refractivity (Wildman–Crippen MR) is 84.1 cm³/mol. The molecule has 23 heavy (non-hydrogen) atoms. The van der Waals surface area contributed by atoms with E-state index in [-0.39, 0.29) is 5.56 Å². The molecule has 0 saturated heterocycles. The van der Waals surface area contributed by atoms with Gasteiger partial charge in [-0.05, 0) is 29.7 Å². The number of fused-ring (bicyclic) bond motifs is 1. The summed E-state index contributed by atoms with van der Waals surface area (Å²) < 4.78 is 26.4. The van der Waals surface area contributed by atoms with Crippen LogP contribution in [0.4, 0.5) is 8.78 Å². The Kier molecular flexibility index (Phi) is 4.67. The van der Waals surface area contributed by atoms with Crippen LogP contribution in [0, 0.1) is 11.6 Å². The van der Waals surface area contributed by atoms with Gasteiger partial charge in [-0.25, -0.2) is 8.78 Å². The molecule has 3 nitrogen and oxygen atoms in total. The van der Waals surface area contributed by atoms with E-state index in [2.05, 4.69) is 22.3 Å². The van der Waals surface area contributed by atoms with E-state index in [1.807, 2.05) is 12.1 Å². The molecule has 5 heteroatoms. The van der Waals surface area contributed by atoms with Gasteiger partial charge < -0.3 is 5.32 Å². The van der Waals surface area contributed by atoms with Crippen molar-refractivity contribution in [1.29, 1.82) is 0 Å². The van der Waals surface area contributed by atoms with E-state index in [9.17, 15) is 13.6 Å². The molecule has 1 N–H and O–H groups in total. The summed E-state index contributed by atoms with van der Waals surface area (Å²) in [6.07, 6.45) is 0.997. The molecule has 0 bridgehead atoms. The first-order valence-electron chi connectivity index (χ1n) is 7.66. The second-order valence-electron chi connectivity index (χ2n) is 5.67. The van der Waals surface area contributed by atoms with Crippen molar-refractivity contribution in [2.75, 3.05) is 19.6 Å².